The minimum Gasteiger partial charge on any atom is -0.494 e. The Morgan fingerprint density at radius 2 is 1.94 bits per heavy atom. The van der Waals surface area contributed by atoms with Crippen LogP contribution >= 0.6 is 15.9 Å². The Bertz CT molecular complexity index is 296. The lowest BCUT2D eigenvalue weighted by Gasteiger charge is -2.26. The van der Waals surface area contributed by atoms with E-state index in [0.29, 0.717) is 0 Å². The summed E-state index contributed by atoms with van der Waals surface area (Å²) in [6.07, 6.45) is 11.2. The van der Waals surface area contributed by atoms with Crippen LogP contribution in [-0.4, -0.2) is 6.61 Å². The van der Waals surface area contributed by atoms with Gasteiger partial charge in [-0.05, 0) is 43.8 Å². The average molecular weight is 299 g/mol. The molecule has 0 aromatic carbocycles. The zero-order valence-corrected chi connectivity index (χ0v) is 12.5. The van der Waals surface area contributed by atoms with Crippen molar-refractivity contribution < 1.29 is 4.74 Å². The van der Waals surface area contributed by atoms with Crippen LogP contribution in [0, 0.1) is 11.8 Å². The SMILES string of the molecule is C=C(/C=C\C(Br)=C/C)OCC1CCC(C)CC1. The molecule has 1 fully saturated rings. The zero-order chi connectivity index (χ0) is 12.7. The van der Waals surface area contributed by atoms with Crippen LogP contribution in [0.25, 0.3) is 0 Å². The Morgan fingerprint density at radius 1 is 1.29 bits per heavy atom. The molecule has 0 aromatic heterocycles. The fourth-order valence-corrected chi connectivity index (χ4v) is 2.17. The van der Waals surface area contributed by atoms with Gasteiger partial charge in [0.25, 0.3) is 0 Å². The smallest absolute Gasteiger partial charge is 0.112 e. The summed E-state index contributed by atoms with van der Waals surface area (Å²) in [7, 11) is 0. The van der Waals surface area contributed by atoms with Crippen LogP contribution in [0.4, 0.5) is 0 Å². The van der Waals surface area contributed by atoms with E-state index in [1.54, 1.807) is 0 Å². The minimum absolute atomic E-state index is 0.724. The average Bonchev–Trinajstić information content (AvgIpc) is 2.35. The van der Waals surface area contributed by atoms with Gasteiger partial charge in [0.1, 0.15) is 5.76 Å². The Morgan fingerprint density at radius 3 is 2.53 bits per heavy atom. The van der Waals surface area contributed by atoms with Crippen molar-refractivity contribution in [3.8, 4) is 0 Å². The highest BCUT2D eigenvalue weighted by Gasteiger charge is 2.18. The second-order valence-corrected chi connectivity index (χ2v) is 5.83. The van der Waals surface area contributed by atoms with Gasteiger partial charge >= 0.3 is 0 Å². The van der Waals surface area contributed by atoms with Gasteiger partial charge < -0.3 is 4.74 Å². The van der Waals surface area contributed by atoms with Gasteiger partial charge in [-0.1, -0.05) is 48.4 Å². The molecule has 0 spiro atoms. The Labute approximate surface area is 114 Å². The molecule has 2 heteroatoms. The van der Waals surface area contributed by atoms with E-state index in [0.717, 1.165) is 28.7 Å². The summed E-state index contributed by atoms with van der Waals surface area (Å²) >= 11 is 3.42. The number of hydrogen-bond donors (Lipinski definition) is 0. The molecular formula is C15H23BrO. The normalized spacial score (nSPS) is 26.2. The van der Waals surface area contributed by atoms with Gasteiger partial charge in [0.05, 0.1) is 6.61 Å². The third-order valence-electron chi connectivity index (χ3n) is 3.34. The number of ether oxygens (including phenoxy) is 1. The molecule has 0 unspecified atom stereocenters. The van der Waals surface area contributed by atoms with E-state index < -0.39 is 0 Å². The molecule has 0 N–H and O–H groups in total. The van der Waals surface area contributed by atoms with Crippen molar-refractivity contribution in [2.45, 2.75) is 39.5 Å². The number of hydrogen-bond acceptors (Lipinski definition) is 1. The van der Waals surface area contributed by atoms with Crippen LogP contribution < -0.4 is 0 Å². The van der Waals surface area contributed by atoms with Crippen molar-refractivity contribution in [1.29, 1.82) is 0 Å². The third-order valence-corrected chi connectivity index (χ3v) is 4.07. The van der Waals surface area contributed by atoms with Crippen LogP contribution in [0.15, 0.2) is 35.0 Å². The second kappa shape index (κ2) is 7.75. The van der Waals surface area contributed by atoms with Crippen LogP contribution in [0.5, 0.6) is 0 Å². The topological polar surface area (TPSA) is 9.23 Å². The van der Waals surface area contributed by atoms with Gasteiger partial charge in [-0.15, -0.1) is 0 Å². The first-order valence-electron chi connectivity index (χ1n) is 6.43. The fraction of sp³-hybridized carbons (Fsp3) is 0.600. The molecule has 0 amide bonds. The molecule has 0 saturated heterocycles. The fourth-order valence-electron chi connectivity index (χ4n) is 2.04. The molecule has 1 saturated carbocycles. The van der Waals surface area contributed by atoms with Crippen LogP contribution in [0.1, 0.15) is 39.5 Å². The van der Waals surface area contributed by atoms with Crippen molar-refractivity contribution in [3.05, 3.63) is 35.0 Å². The van der Waals surface area contributed by atoms with Crippen LogP contribution in [0.3, 0.4) is 0 Å². The number of allylic oxidation sites excluding steroid dienone is 4. The highest BCUT2D eigenvalue weighted by molar-refractivity contribution is 9.11. The first-order valence-corrected chi connectivity index (χ1v) is 7.22. The maximum atomic E-state index is 5.68. The van der Waals surface area contributed by atoms with Crippen LogP contribution in [-0.2, 0) is 4.74 Å². The van der Waals surface area contributed by atoms with E-state index in [1.165, 1.54) is 25.7 Å². The monoisotopic (exact) mass is 298 g/mol. The lowest BCUT2D eigenvalue weighted by molar-refractivity contribution is 0.139. The molecule has 1 aliphatic carbocycles. The standard InChI is InChI=1S/C15H23BrO/c1-4-15(16)10-7-13(3)17-11-14-8-5-12(2)6-9-14/h4,7,10,12,14H,3,5-6,8-9,11H2,1-2H3/b10-7-,15-4+. The molecular weight excluding hydrogens is 276 g/mol. The molecule has 0 radical (unpaired) electrons. The molecule has 0 aliphatic heterocycles. The van der Waals surface area contributed by atoms with E-state index in [9.17, 15) is 0 Å². The minimum atomic E-state index is 0.724. The van der Waals surface area contributed by atoms with Crippen LogP contribution in [0.2, 0.25) is 0 Å². The van der Waals surface area contributed by atoms with Crippen molar-refractivity contribution in [1.82, 2.24) is 0 Å². The Kier molecular flexibility index (Phi) is 6.64. The van der Waals surface area contributed by atoms with Crippen molar-refractivity contribution in [2.24, 2.45) is 11.8 Å². The molecule has 0 atom stereocenters. The lowest BCUT2D eigenvalue weighted by Crippen LogP contribution is -2.16. The summed E-state index contributed by atoms with van der Waals surface area (Å²) in [6.45, 7) is 9.05. The van der Waals surface area contributed by atoms with Gasteiger partial charge in [0, 0.05) is 4.48 Å². The molecule has 17 heavy (non-hydrogen) atoms. The molecule has 1 rings (SSSR count). The Balaban J connectivity index is 2.22. The van der Waals surface area contributed by atoms with Crippen molar-refractivity contribution in [3.63, 3.8) is 0 Å². The predicted octanol–water partition coefficient (Wildman–Crippen LogP) is 5.20. The lowest BCUT2D eigenvalue weighted by atomic mass is 9.83. The Hall–Kier alpha value is -0.500. The van der Waals surface area contributed by atoms with Crippen molar-refractivity contribution >= 4 is 15.9 Å². The molecule has 1 nitrogen and oxygen atoms in total. The quantitative estimate of drug-likeness (QED) is 0.501. The van der Waals surface area contributed by atoms with Gasteiger partial charge in [-0.3, -0.25) is 0 Å². The molecule has 96 valence electrons. The number of halogens is 1. The summed E-state index contributed by atoms with van der Waals surface area (Å²) in [6, 6.07) is 0. The number of rotatable bonds is 5. The third kappa shape index (κ3) is 6.11. The summed E-state index contributed by atoms with van der Waals surface area (Å²) in [5, 5.41) is 0. The summed E-state index contributed by atoms with van der Waals surface area (Å²) in [5.74, 6) is 2.38. The molecule has 0 heterocycles. The summed E-state index contributed by atoms with van der Waals surface area (Å²) in [4.78, 5) is 0. The largest absolute Gasteiger partial charge is 0.494 e. The maximum absolute atomic E-state index is 5.68. The van der Waals surface area contributed by atoms with E-state index in [4.69, 9.17) is 4.74 Å². The highest BCUT2D eigenvalue weighted by atomic mass is 79.9. The van der Waals surface area contributed by atoms with Gasteiger partial charge in [-0.25, -0.2) is 0 Å². The highest BCUT2D eigenvalue weighted by Crippen LogP contribution is 2.28. The summed E-state index contributed by atoms with van der Waals surface area (Å²) in [5.41, 5.74) is 0. The molecule has 1 aliphatic rings. The first-order chi connectivity index (χ1) is 8.11. The van der Waals surface area contributed by atoms with E-state index in [1.807, 2.05) is 25.2 Å². The van der Waals surface area contributed by atoms with Crippen molar-refractivity contribution in [2.75, 3.05) is 6.61 Å². The van der Waals surface area contributed by atoms with Gasteiger partial charge in [-0.2, -0.15) is 0 Å². The van der Waals surface area contributed by atoms with Gasteiger partial charge in [0.2, 0.25) is 0 Å². The molecule has 0 aromatic rings. The first kappa shape index (κ1) is 14.6. The van der Waals surface area contributed by atoms with Gasteiger partial charge in [0.15, 0.2) is 0 Å². The van der Waals surface area contributed by atoms with E-state index >= 15 is 0 Å². The zero-order valence-electron chi connectivity index (χ0n) is 10.9. The second-order valence-electron chi connectivity index (χ2n) is 4.91. The summed E-state index contributed by atoms with van der Waals surface area (Å²) < 4.78 is 6.73. The van der Waals surface area contributed by atoms with E-state index in [2.05, 4.69) is 29.4 Å². The molecule has 0 bridgehead atoms. The van der Waals surface area contributed by atoms with E-state index in [-0.39, 0.29) is 0 Å². The predicted molar refractivity (Wildman–Crippen MR) is 78.0 cm³/mol. The maximum Gasteiger partial charge on any atom is 0.112 e.